The lowest BCUT2D eigenvalue weighted by Gasteiger charge is -2.23. The van der Waals surface area contributed by atoms with Crippen molar-refractivity contribution in [3.05, 3.63) is 65.2 Å². The highest BCUT2D eigenvalue weighted by Gasteiger charge is 2.20. The predicted octanol–water partition coefficient (Wildman–Crippen LogP) is 1.53. The monoisotopic (exact) mass is 355 g/mol. The van der Waals surface area contributed by atoms with E-state index in [9.17, 15) is 22.0 Å². The number of halogens is 2. The summed E-state index contributed by atoms with van der Waals surface area (Å²) in [6.45, 7) is -0.349. The van der Waals surface area contributed by atoms with E-state index in [-0.39, 0.29) is 23.4 Å². The van der Waals surface area contributed by atoms with Gasteiger partial charge in [0.15, 0.2) is 0 Å². The number of hydrazine groups is 1. The van der Waals surface area contributed by atoms with Gasteiger partial charge in [-0.05, 0) is 30.3 Å². The van der Waals surface area contributed by atoms with Crippen LogP contribution in [0.4, 0.5) is 14.5 Å². The molecular formula is C15H15F2N3O3S. The molecule has 128 valence electrons. The molecule has 1 amide bonds. The first kappa shape index (κ1) is 17.8. The number of benzene rings is 2. The molecule has 6 nitrogen and oxygen atoms in total. The third-order valence-corrected chi connectivity index (χ3v) is 4.40. The highest BCUT2D eigenvalue weighted by Crippen LogP contribution is 2.23. The van der Waals surface area contributed by atoms with E-state index in [4.69, 9.17) is 5.84 Å². The Hall–Kier alpha value is -2.52. The summed E-state index contributed by atoms with van der Waals surface area (Å²) in [4.78, 5) is 11.4. The number of nitrogen functional groups attached to an aromatic ring is 1. The zero-order valence-electron chi connectivity index (χ0n) is 12.7. The molecule has 0 saturated carbocycles. The van der Waals surface area contributed by atoms with Crippen LogP contribution in [0.3, 0.4) is 0 Å². The maximum absolute atomic E-state index is 14.2. The minimum Gasteiger partial charge on any atom is -0.290 e. The van der Waals surface area contributed by atoms with Gasteiger partial charge in [0.2, 0.25) is 10.0 Å². The van der Waals surface area contributed by atoms with Gasteiger partial charge in [0, 0.05) is 11.1 Å². The molecule has 2 aromatic rings. The third-order valence-electron chi connectivity index (χ3n) is 3.26. The fraction of sp³-hybridized carbons (Fsp3) is 0.133. The van der Waals surface area contributed by atoms with Crippen LogP contribution in [0.25, 0.3) is 0 Å². The second kappa shape index (κ2) is 6.93. The number of sulfonamides is 1. The van der Waals surface area contributed by atoms with Crippen LogP contribution < -0.4 is 15.6 Å². The lowest BCUT2D eigenvalue weighted by atomic mass is 10.1. The van der Waals surface area contributed by atoms with Crippen LogP contribution in [-0.4, -0.2) is 20.6 Å². The van der Waals surface area contributed by atoms with E-state index in [1.807, 2.05) is 5.43 Å². The number of hydrogen-bond donors (Lipinski definition) is 2. The first-order valence-electron chi connectivity index (χ1n) is 6.75. The minimum absolute atomic E-state index is 0.00425. The molecular weight excluding hydrogens is 340 g/mol. The molecule has 0 fully saturated rings. The second-order valence-corrected chi connectivity index (χ2v) is 6.94. The molecule has 2 rings (SSSR count). The fourth-order valence-corrected chi connectivity index (χ4v) is 2.96. The Morgan fingerprint density at radius 3 is 2.46 bits per heavy atom. The molecule has 24 heavy (non-hydrogen) atoms. The van der Waals surface area contributed by atoms with Crippen molar-refractivity contribution in [1.29, 1.82) is 0 Å². The number of nitrogens with zero attached hydrogens (tertiary/aromatic N) is 1. The molecule has 0 heterocycles. The fourth-order valence-electron chi connectivity index (χ4n) is 2.09. The van der Waals surface area contributed by atoms with Gasteiger partial charge in [0.1, 0.15) is 11.6 Å². The Morgan fingerprint density at radius 1 is 1.21 bits per heavy atom. The molecule has 0 aliphatic heterocycles. The first-order chi connectivity index (χ1) is 11.2. The van der Waals surface area contributed by atoms with E-state index >= 15 is 0 Å². The van der Waals surface area contributed by atoms with Crippen molar-refractivity contribution in [2.75, 3.05) is 10.6 Å². The zero-order valence-corrected chi connectivity index (χ0v) is 13.5. The number of carbonyl (C=O) groups excluding carboxylic acids is 1. The third kappa shape index (κ3) is 4.06. The maximum Gasteiger partial charge on any atom is 0.265 e. The average molecular weight is 355 g/mol. The van der Waals surface area contributed by atoms with Crippen molar-refractivity contribution in [2.24, 2.45) is 5.84 Å². The number of rotatable bonds is 5. The standard InChI is InChI=1S/C15H15F2N3O3S/c1-24(22,23)20(13-4-2-3-12(16)8-13)9-11-6-5-10(7-14(11)17)15(21)19-18/h2-8H,9,18H2,1H3,(H,19,21). The first-order valence-corrected chi connectivity index (χ1v) is 8.60. The number of carbonyl (C=O) groups is 1. The van der Waals surface area contributed by atoms with E-state index in [0.29, 0.717) is 0 Å². The molecule has 0 bridgehead atoms. The van der Waals surface area contributed by atoms with Gasteiger partial charge in [0.05, 0.1) is 18.5 Å². The molecule has 0 aliphatic rings. The van der Waals surface area contributed by atoms with Crippen molar-refractivity contribution in [1.82, 2.24) is 5.43 Å². The van der Waals surface area contributed by atoms with Crippen molar-refractivity contribution in [3.63, 3.8) is 0 Å². The Bertz CT molecular complexity index is 872. The second-order valence-electron chi connectivity index (χ2n) is 5.03. The van der Waals surface area contributed by atoms with Crippen LogP contribution in [0.1, 0.15) is 15.9 Å². The number of hydrogen-bond acceptors (Lipinski definition) is 4. The molecule has 0 spiro atoms. The van der Waals surface area contributed by atoms with Gasteiger partial charge >= 0.3 is 0 Å². The molecule has 0 saturated heterocycles. The number of nitrogens with two attached hydrogens (primary N) is 1. The number of nitrogens with one attached hydrogen (secondary N) is 1. The van der Waals surface area contributed by atoms with E-state index in [1.54, 1.807) is 0 Å². The Balaban J connectivity index is 2.39. The SMILES string of the molecule is CS(=O)(=O)N(Cc1ccc(C(=O)NN)cc1F)c1cccc(F)c1. The molecule has 0 aliphatic carbocycles. The smallest absolute Gasteiger partial charge is 0.265 e. The topological polar surface area (TPSA) is 92.5 Å². The van der Waals surface area contributed by atoms with Gasteiger partial charge in [-0.3, -0.25) is 14.5 Å². The molecule has 3 N–H and O–H groups in total. The Labute approximate surface area is 137 Å². The van der Waals surface area contributed by atoms with Crippen LogP contribution in [0.5, 0.6) is 0 Å². The van der Waals surface area contributed by atoms with Gasteiger partial charge in [-0.25, -0.2) is 23.0 Å². The Kier molecular flexibility index (Phi) is 5.15. The number of amides is 1. The lowest BCUT2D eigenvalue weighted by Crippen LogP contribution is -2.31. The highest BCUT2D eigenvalue weighted by atomic mass is 32.2. The Morgan fingerprint density at radius 2 is 1.92 bits per heavy atom. The molecule has 0 atom stereocenters. The van der Waals surface area contributed by atoms with Gasteiger partial charge in [-0.2, -0.15) is 0 Å². The van der Waals surface area contributed by atoms with Crippen LogP contribution in [-0.2, 0) is 16.6 Å². The molecule has 9 heteroatoms. The number of anilines is 1. The van der Waals surface area contributed by atoms with Crippen molar-refractivity contribution >= 4 is 21.6 Å². The molecule has 2 aromatic carbocycles. The predicted molar refractivity (Wildman–Crippen MR) is 85.5 cm³/mol. The molecule has 0 unspecified atom stereocenters. The van der Waals surface area contributed by atoms with Crippen molar-refractivity contribution < 1.29 is 22.0 Å². The van der Waals surface area contributed by atoms with Crippen LogP contribution in [0.15, 0.2) is 42.5 Å². The average Bonchev–Trinajstić information content (AvgIpc) is 2.51. The summed E-state index contributed by atoms with van der Waals surface area (Å²) >= 11 is 0. The van der Waals surface area contributed by atoms with Crippen LogP contribution >= 0.6 is 0 Å². The van der Waals surface area contributed by atoms with E-state index in [1.165, 1.54) is 30.3 Å². The summed E-state index contributed by atoms with van der Waals surface area (Å²) in [5, 5.41) is 0. The lowest BCUT2D eigenvalue weighted by molar-refractivity contribution is 0.0953. The van der Waals surface area contributed by atoms with Gasteiger partial charge in [-0.1, -0.05) is 12.1 Å². The summed E-state index contributed by atoms with van der Waals surface area (Å²) < 4.78 is 52.4. The van der Waals surface area contributed by atoms with Crippen LogP contribution in [0.2, 0.25) is 0 Å². The largest absolute Gasteiger partial charge is 0.290 e. The molecule has 0 aromatic heterocycles. The van der Waals surface area contributed by atoms with E-state index < -0.39 is 27.6 Å². The van der Waals surface area contributed by atoms with Crippen molar-refractivity contribution in [3.8, 4) is 0 Å². The van der Waals surface area contributed by atoms with Crippen LogP contribution in [0, 0.1) is 11.6 Å². The van der Waals surface area contributed by atoms with Gasteiger partial charge < -0.3 is 0 Å². The summed E-state index contributed by atoms with van der Waals surface area (Å²) in [6.07, 6.45) is 0.937. The van der Waals surface area contributed by atoms with Gasteiger partial charge in [0.25, 0.3) is 5.91 Å². The summed E-state index contributed by atoms with van der Waals surface area (Å²) in [5.41, 5.74) is 1.96. The zero-order chi connectivity index (χ0) is 17.9. The quantitative estimate of drug-likeness (QED) is 0.483. The normalized spacial score (nSPS) is 11.2. The van der Waals surface area contributed by atoms with Crippen molar-refractivity contribution in [2.45, 2.75) is 6.54 Å². The summed E-state index contributed by atoms with van der Waals surface area (Å²) in [6, 6.07) is 8.50. The van der Waals surface area contributed by atoms with E-state index in [0.717, 1.165) is 22.7 Å². The maximum atomic E-state index is 14.2. The summed E-state index contributed by atoms with van der Waals surface area (Å²) in [5.74, 6) is 2.91. The minimum atomic E-state index is -3.78. The summed E-state index contributed by atoms with van der Waals surface area (Å²) in [7, 11) is -3.78. The molecule has 0 radical (unpaired) electrons. The highest BCUT2D eigenvalue weighted by molar-refractivity contribution is 7.92. The van der Waals surface area contributed by atoms with E-state index in [2.05, 4.69) is 0 Å². The van der Waals surface area contributed by atoms with Gasteiger partial charge in [-0.15, -0.1) is 0 Å².